The Labute approximate surface area is 86.2 Å². The van der Waals surface area contributed by atoms with E-state index in [1.54, 1.807) is 6.20 Å². The van der Waals surface area contributed by atoms with Crippen LogP contribution in [0.1, 0.15) is 5.69 Å². The van der Waals surface area contributed by atoms with Crippen molar-refractivity contribution < 1.29 is 0 Å². The normalized spacial score (nSPS) is 10.1. The smallest absolute Gasteiger partial charge is 0.267 e. The van der Waals surface area contributed by atoms with Crippen LogP contribution in [0.25, 0.3) is 0 Å². The van der Waals surface area contributed by atoms with Crippen LogP contribution < -0.4 is 11.3 Å². The summed E-state index contributed by atoms with van der Waals surface area (Å²) in [5, 5.41) is 3.91. The predicted molar refractivity (Wildman–Crippen MR) is 56.2 cm³/mol. The van der Waals surface area contributed by atoms with E-state index >= 15 is 0 Å². The highest BCUT2D eigenvalue weighted by Gasteiger charge is 1.99. The summed E-state index contributed by atoms with van der Waals surface area (Å²) in [6, 6.07) is 8.39. The number of aromatic nitrogens is 3. The highest BCUT2D eigenvalue weighted by atomic mass is 16.1. The molecule has 0 saturated carbocycles. The molecule has 0 unspecified atom stereocenters. The minimum atomic E-state index is -0.185. The van der Waals surface area contributed by atoms with Crippen LogP contribution in [0.3, 0.4) is 0 Å². The molecule has 0 aliphatic carbocycles. The maximum absolute atomic E-state index is 11.4. The van der Waals surface area contributed by atoms with Gasteiger partial charge in [0.25, 0.3) is 5.56 Å². The zero-order valence-corrected chi connectivity index (χ0v) is 8.00. The lowest BCUT2D eigenvalue weighted by atomic mass is 10.3. The van der Waals surface area contributed by atoms with E-state index in [0.29, 0.717) is 12.4 Å². The first-order valence-corrected chi connectivity index (χ1v) is 4.49. The topological polar surface area (TPSA) is 73.8 Å². The molecule has 76 valence electrons. The summed E-state index contributed by atoms with van der Waals surface area (Å²) in [4.78, 5) is 15.5. The van der Waals surface area contributed by atoms with Crippen LogP contribution in [0.15, 0.2) is 41.3 Å². The van der Waals surface area contributed by atoms with E-state index < -0.39 is 0 Å². The average molecular weight is 202 g/mol. The van der Waals surface area contributed by atoms with E-state index in [4.69, 9.17) is 5.73 Å². The standard InChI is InChI=1S/C10H10N4O/c11-9-4-5-10(15)14(13-9)7-8-3-1-2-6-12-8/h1-6H,7H2,(H2,11,13). The number of anilines is 1. The Morgan fingerprint density at radius 2 is 2.13 bits per heavy atom. The number of pyridine rings is 1. The molecule has 5 heteroatoms. The molecule has 2 aromatic rings. The Balaban J connectivity index is 2.32. The fraction of sp³-hybridized carbons (Fsp3) is 0.100. The SMILES string of the molecule is Nc1ccc(=O)n(Cc2ccccn2)n1. The fourth-order valence-corrected chi connectivity index (χ4v) is 1.22. The Bertz CT molecular complexity index is 506. The molecular formula is C10H10N4O. The number of hydrogen-bond donors (Lipinski definition) is 1. The number of rotatable bonds is 2. The van der Waals surface area contributed by atoms with Crippen LogP contribution in [0, 0.1) is 0 Å². The molecular weight excluding hydrogens is 192 g/mol. The summed E-state index contributed by atoms with van der Waals surface area (Å²) in [5.74, 6) is 0.325. The molecule has 0 atom stereocenters. The molecule has 0 saturated heterocycles. The molecule has 2 rings (SSSR count). The summed E-state index contributed by atoms with van der Waals surface area (Å²) in [7, 11) is 0. The van der Waals surface area contributed by atoms with Crippen LogP contribution in [-0.4, -0.2) is 14.8 Å². The van der Waals surface area contributed by atoms with E-state index in [1.165, 1.54) is 16.8 Å². The average Bonchev–Trinajstić information content (AvgIpc) is 2.25. The summed E-state index contributed by atoms with van der Waals surface area (Å²) in [5.41, 5.74) is 6.08. The van der Waals surface area contributed by atoms with Gasteiger partial charge in [0.15, 0.2) is 0 Å². The van der Waals surface area contributed by atoms with Gasteiger partial charge in [-0.15, -0.1) is 0 Å². The van der Waals surface area contributed by atoms with Crippen molar-refractivity contribution in [1.29, 1.82) is 0 Å². The van der Waals surface area contributed by atoms with Crippen molar-refractivity contribution in [1.82, 2.24) is 14.8 Å². The van der Waals surface area contributed by atoms with Gasteiger partial charge in [-0.2, -0.15) is 5.10 Å². The highest BCUT2D eigenvalue weighted by molar-refractivity contribution is 5.23. The summed E-state index contributed by atoms with van der Waals surface area (Å²) >= 11 is 0. The minimum absolute atomic E-state index is 0.185. The number of nitrogens with two attached hydrogens (primary N) is 1. The molecule has 0 amide bonds. The third-order valence-electron chi connectivity index (χ3n) is 1.93. The Morgan fingerprint density at radius 3 is 2.87 bits per heavy atom. The number of hydrogen-bond acceptors (Lipinski definition) is 4. The molecule has 0 radical (unpaired) electrons. The van der Waals surface area contributed by atoms with Crippen molar-refractivity contribution in [2.45, 2.75) is 6.54 Å². The van der Waals surface area contributed by atoms with Crippen LogP contribution in [0.5, 0.6) is 0 Å². The van der Waals surface area contributed by atoms with Gasteiger partial charge in [-0.05, 0) is 18.2 Å². The maximum atomic E-state index is 11.4. The quantitative estimate of drug-likeness (QED) is 0.758. The maximum Gasteiger partial charge on any atom is 0.267 e. The second-order valence-corrected chi connectivity index (χ2v) is 3.08. The minimum Gasteiger partial charge on any atom is -0.382 e. The van der Waals surface area contributed by atoms with Gasteiger partial charge >= 0.3 is 0 Å². The van der Waals surface area contributed by atoms with Gasteiger partial charge in [-0.25, -0.2) is 4.68 Å². The lowest BCUT2D eigenvalue weighted by Gasteiger charge is -2.03. The molecule has 2 N–H and O–H groups in total. The van der Waals surface area contributed by atoms with Gasteiger partial charge in [0, 0.05) is 12.3 Å². The molecule has 0 fully saturated rings. The van der Waals surface area contributed by atoms with E-state index in [2.05, 4.69) is 10.1 Å². The molecule has 0 aliphatic heterocycles. The molecule has 5 nitrogen and oxygen atoms in total. The first-order valence-electron chi connectivity index (χ1n) is 4.49. The van der Waals surface area contributed by atoms with Crippen molar-refractivity contribution in [3.63, 3.8) is 0 Å². The second-order valence-electron chi connectivity index (χ2n) is 3.08. The van der Waals surface area contributed by atoms with Crippen LogP contribution in [0.4, 0.5) is 5.82 Å². The van der Waals surface area contributed by atoms with Gasteiger partial charge in [-0.1, -0.05) is 6.07 Å². The molecule has 0 aromatic carbocycles. The molecule has 2 heterocycles. The van der Waals surface area contributed by atoms with E-state index in [-0.39, 0.29) is 5.56 Å². The Morgan fingerprint density at radius 1 is 1.27 bits per heavy atom. The molecule has 0 aliphatic rings. The number of nitrogens with zero attached hydrogens (tertiary/aromatic N) is 3. The van der Waals surface area contributed by atoms with E-state index in [9.17, 15) is 4.79 Å². The molecule has 0 spiro atoms. The zero-order valence-electron chi connectivity index (χ0n) is 8.00. The predicted octanol–water partition coefficient (Wildman–Crippen LogP) is 0.269. The monoisotopic (exact) mass is 202 g/mol. The summed E-state index contributed by atoms with van der Waals surface area (Å²) in [6.45, 7) is 0.338. The molecule has 0 bridgehead atoms. The second kappa shape index (κ2) is 3.91. The van der Waals surface area contributed by atoms with Crippen LogP contribution >= 0.6 is 0 Å². The Hall–Kier alpha value is -2.17. The van der Waals surface area contributed by atoms with Gasteiger partial charge in [0.05, 0.1) is 12.2 Å². The molecule has 2 aromatic heterocycles. The van der Waals surface area contributed by atoms with Crippen molar-refractivity contribution in [2.75, 3.05) is 5.73 Å². The van der Waals surface area contributed by atoms with Gasteiger partial charge < -0.3 is 5.73 Å². The first kappa shape index (κ1) is 9.39. The third kappa shape index (κ3) is 2.19. The number of nitrogen functional groups attached to an aromatic ring is 1. The van der Waals surface area contributed by atoms with Crippen LogP contribution in [-0.2, 0) is 6.54 Å². The van der Waals surface area contributed by atoms with Crippen molar-refractivity contribution in [2.24, 2.45) is 0 Å². The van der Waals surface area contributed by atoms with Crippen molar-refractivity contribution in [3.8, 4) is 0 Å². The highest BCUT2D eigenvalue weighted by Crippen LogP contribution is 1.96. The summed E-state index contributed by atoms with van der Waals surface area (Å²) in [6.07, 6.45) is 1.67. The van der Waals surface area contributed by atoms with Gasteiger partial charge in [0.1, 0.15) is 5.82 Å². The zero-order chi connectivity index (χ0) is 10.7. The largest absolute Gasteiger partial charge is 0.382 e. The molecule has 15 heavy (non-hydrogen) atoms. The van der Waals surface area contributed by atoms with E-state index in [0.717, 1.165) is 5.69 Å². The van der Waals surface area contributed by atoms with Gasteiger partial charge in [-0.3, -0.25) is 9.78 Å². The van der Waals surface area contributed by atoms with Crippen molar-refractivity contribution in [3.05, 3.63) is 52.6 Å². The Kier molecular flexibility index (Phi) is 2.45. The van der Waals surface area contributed by atoms with E-state index in [1.807, 2.05) is 18.2 Å². The first-order chi connectivity index (χ1) is 7.25. The fourth-order valence-electron chi connectivity index (χ4n) is 1.22. The van der Waals surface area contributed by atoms with Crippen LogP contribution in [0.2, 0.25) is 0 Å². The van der Waals surface area contributed by atoms with Gasteiger partial charge in [0.2, 0.25) is 0 Å². The lowest BCUT2D eigenvalue weighted by molar-refractivity contribution is 0.633. The van der Waals surface area contributed by atoms with Crippen molar-refractivity contribution >= 4 is 5.82 Å². The summed E-state index contributed by atoms with van der Waals surface area (Å²) < 4.78 is 1.29. The third-order valence-corrected chi connectivity index (χ3v) is 1.93. The lowest BCUT2D eigenvalue weighted by Crippen LogP contribution is -2.23.